The number of aromatic nitrogens is 3. The van der Waals surface area contributed by atoms with E-state index in [1.54, 1.807) is 18.9 Å². The molecule has 0 spiro atoms. The van der Waals surface area contributed by atoms with Crippen molar-refractivity contribution >= 4 is 6.03 Å². The van der Waals surface area contributed by atoms with E-state index in [0.717, 1.165) is 57.9 Å². The van der Waals surface area contributed by atoms with Gasteiger partial charge in [-0.2, -0.15) is 5.10 Å². The van der Waals surface area contributed by atoms with Crippen molar-refractivity contribution in [3.63, 3.8) is 0 Å². The Labute approximate surface area is 141 Å². The zero-order valence-corrected chi connectivity index (χ0v) is 13.8. The van der Waals surface area contributed by atoms with Crippen LogP contribution in [0.15, 0.2) is 35.5 Å². The number of hydrogen-bond donors (Lipinski definition) is 1. The normalized spacial score (nSPS) is 15.6. The van der Waals surface area contributed by atoms with E-state index >= 15 is 0 Å². The van der Waals surface area contributed by atoms with Crippen LogP contribution in [-0.4, -0.2) is 69.9 Å². The molecule has 130 valence electrons. The van der Waals surface area contributed by atoms with E-state index in [4.69, 9.17) is 4.42 Å². The summed E-state index contributed by atoms with van der Waals surface area (Å²) < 4.78 is 7.11. The molecule has 0 aliphatic carbocycles. The second-order valence-corrected chi connectivity index (χ2v) is 5.90. The smallest absolute Gasteiger partial charge is 0.317 e. The number of carbonyl (C=O) groups is 1. The lowest BCUT2D eigenvalue weighted by Crippen LogP contribution is -2.52. The van der Waals surface area contributed by atoms with Gasteiger partial charge in [0.15, 0.2) is 0 Å². The van der Waals surface area contributed by atoms with Crippen molar-refractivity contribution in [1.29, 1.82) is 0 Å². The van der Waals surface area contributed by atoms with Crippen molar-refractivity contribution in [1.82, 2.24) is 29.9 Å². The van der Waals surface area contributed by atoms with E-state index < -0.39 is 0 Å². The van der Waals surface area contributed by atoms with Crippen LogP contribution in [-0.2, 0) is 13.0 Å². The minimum Gasteiger partial charge on any atom is -0.469 e. The molecular formula is C16H24N6O2. The summed E-state index contributed by atoms with van der Waals surface area (Å²) in [6.45, 7) is 5.76. The number of furan rings is 1. The molecule has 1 aliphatic rings. The van der Waals surface area contributed by atoms with Gasteiger partial charge in [-0.25, -0.2) is 9.78 Å². The van der Waals surface area contributed by atoms with Crippen molar-refractivity contribution in [3.8, 4) is 0 Å². The first-order chi connectivity index (χ1) is 11.8. The molecule has 24 heavy (non-hydrogen) atoms. The summed E-state index contributed by atoms with van der Waals surface area (Å²) in [5.74, 6) is 0.963. The van der Waals surface area contributed by atoms with E-state index in [1.165, 1.54) is 0 Å². The van der Waals surface area contributed by atoms with Crippen LogP contribution in [0.3, 0.4) is 0 Å². The molecule has 1 fully saturated rings. The lowest BCUT2D eigenvalue weighted by Gasteiger charge is -2.34. The molecule has 0 atom stereocenters. The highest BCUT2D eigenvalue weighted by Crippen LogP contribution is 2.04. The van der Waals surface area contributed by atoms with Gasteiger partial charge in [0.25, 0.3) is 0 Å². The predicted molar refractivity (Wildman–Crippen MR) is 88.5 cm³/mol. The van der Waals surface area contributed by atoms with E-state index in [0.29, 0.717) is 6.54 Å². The monoisotopic (exact) mass is 332 g/mol. The zero-order valence-electron chi connectivity index (χ0n) is 13.8. The van der Waals surface area contributed by atoms with Crippen molar-refractivity contribution in [2.45, 2.75) is 19.4 Å². The molecule has 0 unspecified atom stereocenters. The Bertz CT molecular complexity index is 590. The zero-order chi connectivity index (χ0) is 16.6. The van der Waals surface area contributed by atoms with Gasteiger partial charge in [-0.1, -0.05) is 0 Å². The van der Waals surface area contributed by atoms with Crippen LogP contribution in [0.25, 0.3) is 0 Å². The minimum atomic E-state index is 0.0328. The molecule has 8 nitrogen and oxygen atoms in total. The third kappa shape index (κ3) is 4.82. The summed E-state index contributed by atoms with van der Waals surface area (Å²) in [7, 11) is 0. The fourth-order valence-corrected chi connectivity index (χ4v) is 2.79. The topological polar surface area (TPSA) is 79.4 Å². The summed E-state index contributed by atoms with van der Waals surface area (Å²) in [6.07, 6.45) is 6.69. The van der Waals surface area contributed by atoms with Gasteiger partial charge in [0.05, 0.1) is 12.8 Å². The van der Waals surface area contributed by atoms with Crippen LogP contribution in [0.1, 0.15) is 12.2 Å². The van der Waals surface area contributed by atoms with E-state index in [2.05, 4.69) is 20.3 Å². The molecule has 1 N–H and O–H groups in total. The average Bonchev–Trinajstić information content (AvgIpc) is 3.31. The Morgan fingerprint density at radius 1 is 1.25 bits per heavy atom. The number of rotatable bonds is 7. The van der Waals surface area contributed by atoms with Gasteiger partial charge in [0, 0.05) is 45.7 Å². The first-order valence-corrected chi connectivity index (χ1v) is 8.41. The fourth-order valence-electron chi connectivity index (χ4n) is 2.79. The molecule has 0 saturated carbocycles. The van der Waals surface area contributed by atoms with Gasteiger partial charge in [0.2, 0.25) is 0 Å². The summed E-state index contributed by atoms with van der Waals surface area (Å²) in [4.78, 5) is 20.3. The highest BCUT2D eigenvalue weighted by molar-refractivity contribution is 5.74. The van der Waals surface area contributed by atoms with Crippen LogP contribution in [0.4, 0.5) is 4.79 Å². The number of hydrogen-bond acceptors (Lipinski definition) is 5. The molecule has 1 saturated heterocycles. The van der Waals surface area contributed by atoms with Gasteiger partial charge in [-0.05, 0) is 18.6 Å². The minimum absolute atomic E-state index is 0.0328. The van der Waals surface area contributed by atoms with Gasteiger partial charge in [-0.3, -0.25) is 9.58 Å². The Kier molecular flexibility index (Phi) is 5.84. The Morgan fingerprint density at radius 3 is 2.83 bits per heavy atom. The predicted octanol–water partition coefficient (Wildman–Crippen LogP) is 0.831. The number of amides is 2. The Balaban J connectivity index is 1.28. The summed E-state index contributed by atoms with van der Waals surface area (Å²) in [5.41, 5.74) is 0. The molecule has 1 aliphatic heterocycles. The second kappa shape index (κ2) is 8.49. The maximum atomic E-state index is 12.2. The second-order valence-electron chi connectivity index (χ2n) is 5.90. The molecule has 8 heteroatoms. The molecule has 2 aromatic rings. The first-order valence-electron chi connectivity index (χ1n) is 8.41. The number of nitrogens with one attached hydrogen (secondary N) is 1. The highest BCUT2D eigenvalue weighted by Gasteiger charge is 2.20. The third-order valence-electron chi connectivity index (χ3n) is 4.23. The van der Waals surface area contributed by atoms with Crippen LogP contribution in [0.5, 0.6) is 0 Å². The van der Waals surface area contributed by atoms with E-state index in [1.807, 2.05) is 21.7 Å². The quantitative estimate of drug-likeness (QED) is 0.760. The molecule has 0 bridgehead atoms. The average molecular weight is 332 g/mol. The molecular weight excluding hydrogens is 308 g/mol. The number of urea groups is 1. The lowest BCUT2D eigenvalue weighted by atomic mass is 10.2. The van der Waals surface area contributed by atoms with Crippen molar-refractivity contribution in [3.05, 3.63) is 36.8 Å². The molecule has 0 radical (unpaired) electrons. The van der Waals surface area contributed by atoms with Crippen LogP contribution in [0, 0.1) is 0 Å². The highest BCUT2D eigenvalue weighted by atomic mass is 16.3. The number of nitrogens with zero attached hydrogens (tertiary/aromatic N) is 5. The van der Waals surface area contributed by atoms with Gasteiger partial charge in [-0.15, -0.1) is 0 Å². The van der Waals surface area contributed by atoms with Crippen LogP contribution in [0.2, 0.25) is 0 Å². The standard InChI is InChI=1S/C16H24N6O2/c23-16(18-5-1-3-15-4-2-12-24-15)21-9-6-20(7-10-21)8-11-22-14-17-13-19-22/h2,4,12-14H,1,3,5-11H2,(H,18,23). The van der Waals surface area contributed by atoms with Gasteiger partial charge < -0.3 is 14.6 Å². The number of piperazine rings is 1. The van der Waals surface area contributed by atoms with Crippen LogP contribution >= 0.6 is 0 Å². The number of carbonyl (C=O) groups excluding carboxylic acids is 1. The fraction of sp³-hybridized carbons (Fsp3) is 0.562. The lowest BCUT2D eigenvalue weighted by molar-refractivity contribution is 0.136. The van der Waals surface area contributed by atoms with Crippen molar-refractivity contribution < 1.29 is 9.21 Å². The Morgan fingerprint density at radius 2 is 2.12 bits per heavy atom. The van der Waals surface area contributed by atoms with Crippen molar-refractivity contribution in [2.75, 3.05) is 39.3 Å². The SMILES string of the molecule is O=C(NCCCc1ccco1)N1CCN(CCn2cncn2)CC1. The maximum Gasteiger partial charge on any atom is 0.317 e. The van der Waals surface area contributed by atoms with Gasteiger partial charge in [0.1, 0.15) is 18.4 Å². The van der Waals surface area contributed by atoms with Crippen molar-refractivity contribution in [2.24, 2.45) is 0 Å². The molecule has 3 rings (SSSR count). The summed E-state index contributed by atoms with van der Waals surface area (Å²) in [5, 5.41) is 7.09. The van der Waals surface area contributed by atoms with Crippen LogP contribution < -0.4 is 5.32 Å². The summed E-state index contributed by atoms with van der Waals surface area (Å²) in [6, 6.07) is 3.88. The van der Waals surface area contributed by atoms with Gasteiger partial charge >= 0.3 is 6.03 Å². The molecule has 0 aromatic carbocycles. The molecule has 2 amide bonds. The summed E-state index contributed by atoms with van der Waals surface area (Å²) >= 11 is 0. The van der Waals surface area contributed by atoms with E-state index in [9.17, 15) is 4.79 Å². The first kappa shape index (κ1) is 16.5. The van der Waals surface area contributed by atoms with E-state index in [-0.39, 0.29) is 6.03 Å². The Hall–Kier alpha value is -2.35. The molecule has 3 heterocycles. The largest absolute Gasteiger partial charge is 0.469 e. The maximum absolute atomic E-state index is 12.2. The third-order valence-corrected chi connectivity index (χ3v) is 4.23. The number of aryl methyl sites for hydroxylation is 1. The molecule has 2 aromatic heterocycles.